The Morgan fingerprint density at radius 1 is 0.958 bits per heavy atom. The number of morpholine rings is 1. The van der Waals surface area contributed by atoms with Crippen LogP contribution in [0.15, 0.2) is 54.6 Å². The van der Waals surface area contributed by atoms with E-state index in [4.69, 9.17) is 17.0 Å². The van der Waals surface area contributed by atoms with Crippen molar-refractivity contribution < 1.29 is 9.64 Å². The summed E-state index contributed by atoms with van der Waals surface area (Å²) >= 11 is 5.37. The van der Waals surface area contributed by atoms with Crippen molar-refractivity contribution in [3.8, 4) is 11.1 Å². The Morgan fingerprint density at radius 2 is 1.62 bits per heavy atom. The summed E-state index contributed by atoms with van der Waals surface area (Å²) in [7, 11) is 0. The zero-order chi connectivity index (χ0) is 16.6. The van der Waals surface area contributed by atoms with E-state index in [0.717, 1.165) is 45.1 Å². The molecule has 4 nitrogen and oxygen atoms in total. The molecule has 0 bridgehead atoms. The van der Waals surface area contributed by atoms with Crippen molar-refractivity contribution in [2.75, 3.05) is 44.7 Å². The first-order chi connectivity index (χ1) is 11.8. The molecule has 3 rings (SSSR count). The monoisotopic (exact) mass is 342 g/mol. The van der Waals surface area contributed by atoms with Gasteiger partial charge < -0.3 is 20.3 Å². The summed E-state index contributed by atoms with van der Waals surface area (Å²) in [6, 6.07) is 18.7. The highest BCUT2D eigenvalue weighted by molar-refractivity contribution is 7.80. The van der Waals surface area contributed by atoms with Crippen LogP contribution in [0, 0.1) is 0 Å². The Morgan fingerprint density at radius 3 is 2.33 bits per heavy atom. The predicted octanol–water partition coefficient (Wildman–Crippen LogP) is 1.56. The van der Waals surface area contributed by atoms with E-state index in [2.05, 4.69) is 59.2 Å². The van der Waals surface area contributed by atoms with Gasteiger partial charge in [-0.15, -0.1) is 0 Å². The Hall–Kier alpha value is -1.95. The third-order valence-corrected chi connectivity index (χ3v) is 4.46. The van der Waals surface area contributed by atoms with Gasteiger partial charge >= 0.3 is 0 Å². The summed E-state index contributed by atoms with van der Waals surface area (Å²) in [4.78, 5) is 1.57. The van der Waals surface area contributed by atoms with Crippen LogP contribution >= 0.6 is 12.2 Å². The van der Waals surface area contributed by atoms with Gasteiger partial charge in [0, 0.05) is 5.69 Å². The molecule has 2 aromatic carbocycles. The number of thiocarbonyl (C=S) groups is 1. The summed E-state index contributed by atoms with van der Waals surface area (Å²) in [6.45, 7) is 5.85. The first-order valence-corrected chi connectivity index (χ1v) is 8.84. The number of rotatable bonds is 5. The first kappa shape index (κ1) is 16.9. The van der Waals surface area contributed by atoms with Gasteiger partial charge in [-0.2, -0.15) is 0 Å². The second-order valence-corrected chi connectivity index (χ2v) is 6.34. The minimum Gasteiger partial charge on any atom is -0.370 e. The minimum atomic E-state index is 0.676. The number of anilines is 1. The second kappa shape index (κ2) is 8.78. The van der Waals surface area contributed by atoms with Crippen LogP contribution in [0.3, 0.4) is 0 Å². The molecule has 0 saturated carbocycles. The maximum atomic E-state index is 5.37. The average molecular weight is 342 g/mol. The van der Waals surface area contributed by atoms with Crippen LogP contribution in [-0.4, -0.2) is 44.5 Å². The molecule has 3 N–H and O–H groups in total. The molecule has 126 valence electrons. The van der Waals surface area contributed by atoms with E-state index in [1.165, 1.54) is 11.1 Å². The van der Waals surface area contributed by atoms with Crippen molar-refractivity contribution in [1.29, 1.82) is 0 Å². The Labute approximate surface area is 148 Å². The molecular weight excluding hydrogens is 318 g/mol. The number of benzene rings is 2. The van der Waals surface area contributed by atoms with Crippen LogP contribution in [0.1, 0.15) is 0 Å². The van der Waals surface area contributed by atoms with E-state index in [1.54, 1.807) is 4.90 Å². The van der Waals surface area contributed by atoms with Gasteiger partial charge in [0.05, 0.1) is 26.3 Å². The molecule has 24 heavy (non-hydrogen) atoms. The van der Waals surface area contributed by atoms with Crippen LogP contribution in [0.5, 0.6) is 0 Å². The molecule has 0 aliphatic carbocycles. The molecule has 0 radical (unpaired) electrons. The first-order valence-electron chi connectivity index (χ1n) is 8.43. The van der Waals surface area contributed by atoms with Crippen molar-refractivity contribution in [3.63, 3.8) is 0 Å². The molecule has 1 fully saturated rings. The number of quaternary nitrogens is 1. The molecule has 5 heteroatoms. The smallest absolute Gasteiger partial charge is 0.170 e. The van der Waals surface area contributed by atoms with Gasteiger partial charge in [-0.1, -0.05) is 42.5 Å². The number of hydrogen-bond donors (Lipinski definition) is 3. The van der Waals surface area contributed by atoms with Crippen molar-refractivity contribution in [3.05, 3.63) is 54.6 Å². The lowest BCUT2D eigenvalue weighted by Crippen LogP contribution is -3.14. The Bertz CT molecular complexity index is 639. The van der Waals surface area contributed by atoms with Gasteiger partial charge in [-0.3, -0.25) is 0 Å². The molecule has 2 aromatic rings. The lowest BCUT2D eigenvalue weighted by Gasteiger charge is -2.24. The minimum absolute atomic E-state index is 0.676. The number of ether oxygens (including phenoxy) is 1. The van der Waals surface area contributed by atoms with Crippen LogP contribution in [0.25, 0.3) is 11.1 Å². The SMILES string of the molecule is S=C(NCC[NH+]1CCOCC1)Nc1ccc(-c2ccccc2)cc1. The fourth-order valence-corrected chi connectivity index (χ4v) is 3.03. The Kier molecular flexibility index (Phi) is 6.18. The number of hydrogen-bond acceptors (Lipinski definition) is 2. The lowest BCUT2D eigenvalue weighted by atomic mass is 10.1. The van der Waals surface area contributed by atoms with Crippen molar-refractivity contribution in [1.82, 2.24) is 5.32 Å². The second-order valence-electron chi connectivity index (χ2n) is 5.94. The summed E-state index contributed by atoms with van der Waals surface area (Å²) in [6.07, 6.45) is 0. The third-order valence-electron chi connectivity index (χ3n) is 4.21. The van der Waals surface area contributed by atoms with Crippen LogP contribution < -0.4 is 15.5 Å². The molecule has 0 unspecified atom stereocenters. The molecule has 0 aromatic heterocycles. The molecule has 0 atom stereocenters. The highest BCUT2D eigenvalue weighted by Gasteiger charge is 2.12. The van der Waals surface area contributed by atoms with E-state index in [9.17, 15) is 0 Å². The molecule has 1 saturated heterocycles. The van der Waals surface area contributed by atoms with E-state index < -0.39 is 0 Å². The fourth-order valence-electron chi connectivity index (χ4n) is 2.81. The zero-order valence-electron chi connectivity index (χ0n) is 13.8. The van der Waals surface area contributed by atoms with Gasteiger partial charge in [0.25, 0.3) is 0 Å². The molecule has 1 aliphatic rings. The summed E-state index contributed by atoms with van der Waals surface area (Å²) in [5.41, 5.74) is 3.43. The quantitative estimate of drug-likeness (QED) is 0.721. The molecule has 1 heterocycles. The third kappa shape index (κ3) is 5.03. The Balaban J connectivity index is 1.44. The van der Waals surface area contributed by atoms with E-state index in [0.29, 0.717) is 5.11 Å². The maximum Gasteiger partial charge on any atom is 0.170 e. The molecule has 0 spiro atoms. The highest BCUT2D eigenvalue weighted by Crippen LogP contribution is 2.20. The standard InChI is InChI=1S/C19H23N3OS/c24-19(20-10-11-22-12-14-23-15-13-22)21-18-8-6-17(7-9-18)16-4-2-1-3-5-16/h1-9H,10-15H2,(H2,20,21,24)/p+1. The average Bonchev–Trinajstić information content (AvgIpc) is 2.64. The predicted molar refractivity (Wildman–Crippen MR) is 102 cm³/mol. The van der Waals surface area contributed by atoms with Crippen molar-refractivity contribution >= 4 is 23.0 Å². The lowest BCUT2D eigenvalue weighted by molar-refractivity contribution is -0.906. The van der Waals surface area contributed by atoms with E-state index >= 15 is 0 Å². The van der Waals surface area contributed by atoms with E-state index in [1.807, 2.05) is 6.07 Å². The number of nitrogens with one attached hydrogen (secondary N) is 3. The van der Waals surface area contributed by atoms with Gasteiger partial charge in [-0.05, 0) is 35.5 Å². The van der Waals surface area contributed by atoms with E-state index in [-0.39, 0.29) is 0 Å². The van der Waals surface area contributed by atoms with Crippen LogP contribution in [-0.2, 0) is 4.74 Å². The van der Waals surface area contributed by atoms with Gasteiger partial charge in [0.15, 0.2) is 5.11 Å². The molecular formula is C19H24N3OS+. The highest BCUT2D eigenvalue weighted by atomic mass is 32.1. The largest absolute Gasteiger partial charge is 0.370 e. The van der Waals surface area contributed by atoms with Crippen LogP contribution in [0.2, 0.25) is 0 Å². The van der Waals surface area contributed by atoms with Gasteiger partial charge in [0.2, 0.25) is 0 Å². The van der Waals surface area contributed by atoms with Gasteiger partial charge in [0.1, 0.15) is 13.1 Å². The molecule has 1 aliphatic heterocycles. The summed E-state index contributed by atoms with van der Waals surface area (Å²) < 4.78 is 5.37. The normalized spacial score (nSPS) is 15.0. The zero-order valence-corrected chi connectivity index (χ0v) is 14.6. The van der Waals surface area contributed by atoms with Crippen molar-refractivity contribution in [2.45, 2.75) is 0 Å². The fraction of sp³-hybridized carbons (Fsp3) is 0.316. The maximum absolute atomic E-state index is 5.37. The summed E-state index contributed by atoms with van der Waals surface area (Å²) in [5.74, 6) is 0. The van der Waals surface area contributed by atoms with Crippen LogP contribution in [0.4, 0.5) is 5.69 Å². The topological polar surface area (TPSA) is 37.7 Å². The van der Waals surface area contributed by atoms with Crippen molar-refractivity contribution in [2.24, 2.45) is 0 Å². The molecule has 0 amide bonds. The summed E-state index contributed by atoms with van der Waals surface area (Å²) in [5, 5.41) is 7.20. The van der Waals surface area contributed by atoms with Gasteiger partial charge in [-0.25, -0.2) is 0 Å².